The van der Waals surface area contributed by atoms with E-state index >= 15 is 0 Å². The van der Waals surface area contributed by atoms with Crippen molar-refractivity contribution in [2.75, 3.05) is 7.11 Å². The summed E-state index contributed by atoms with van der Waals surface area (Å²) in [5.41, 5.74) is 1.18. The largest absolute Gasteiger partial charge is 0.499 e. The Bertz CT molecular complexity index is 1050. The van der Waals surface area contributed by atoms with Crippen molar-refractivity contribution in [1.82, 2.24) is 0 Å². The number of ketones is 3. The molecule has 3 atom stereocenters. The molecule has 2 aliphatic carbocycles. The van der Waals surface area contributed by atoms with Crippen molar-refractivity contribution in [2.24, 2.45) is 22.7 Å². The summed E-state index contributed by atoms with van der Waals surface area (Å²) in [6, 6.07) is 8.79. The first-order valence-electron chi connectivity index (χ1n) is 11.7. The number of carbonyl (C=O) groups is 3. The Morgan fingerprint density at radius 3 is 2.18 bits per heavy atom. The molecule has 4 nitrogen and oxygen atoms in total. The predicted molar refractivity (Wildman–Crippen MR) is 131 cm³/mol. The molecule has 0 unspecified atom stereocenters. The van der Waals surface area contributed by atoms with Crippen molar-refractivity contribution < 1.29 is 19.1 Å². The summed E-state index contributed by atoms with van der Waals surface area (Å²) in [5, 5.41) is 0. The number of carbonyl (C=O) groups excluding carboxylic acids is 3. The number of ether oxygens (including phenoxy) is 1. The zero-order valence-electron chi connectivity index (χ0n) is 21.0. The van der Waals surface area contributed by atoms with E-state index in [9.17, 15) is 14.4 Å². The molecular formula is C29H36O4. The van der Waals surface area contributed by atoms with Crippen LogP contribution in [0.15, 0.2) is 65.0 Å². The Hall–Kier alpha value is -2.75. The van der Waals surface area contributed by atoms with Crippen LogP contribution in [0.25, 0.3) is 0 Å². The molecule has 0 aromatic heterocycles. The second-order valence-electron chi connectivity index (χ2n) is 10.6. The number of fused-ring (bicyclic) bond motifs is 2. The minimum atomic E-state index is -1.01. The Morgan fingerprint density at radius 2 is 1.64 bits per heavy atom. The van der Waals surface area contributed by atoms with E-state index in [0.717, 1.165) is 12.0 Å². The summed E-state index contributed by atoms with van der Waals surface area (Å²) >= 11 is 0. The van der Waals surface area contributed by atoms with Crippen LogP contribution in [0.4, 0.5) is 0 Å². The van der Waals surface area contributed by atoms with E-state index in [-0.39, 0.29) is 28.8 Å². The molecule has 0 amide bonds. The second-order valence-corrected chi connectivity index (χ2v) is 10.6. The standard InChI is InChI=1S/C29H36O4/c1-18(2)13-14-21-17-29(16-15-19(3)4)26(32)23(28(21,5)6)25(31)22(27(29)33-7)24(30)20-11-9-8-10-12-20/h8-13,15,21,23H,14,16-17H2,1-7H3/t21-,23-,29-/m0/s1. The molecule has 0 heterocycles. The van der Waals surface area contributed by atoms with Gasteiger partial charge in [0.15, 0.2) is 17.3 Å². The fourth-order valence-corrected chi connectivity index (χ4v) is 5.46. The maximum Gasteiger partial charge on any atom is 0.200 e. The molecule has 4 heteroatoms. The summed E-state index contributed by atoms with van der Waals surface area (Å²) in [4.78, 5) is 41.5. The smallest absolute Gasteiger partial charge is 0.200 e. The zero-order chi connectivity index (χ0) is 24.6. The normalized spacial score (nSPS) is 26.0. The summed E-state index contributed by atoms with van der Waals surface area (Å²) in [6.07, 6.45) is 5.97. The van der Waals surface area contributed by atoms with E-state index in [1.165, 1.54) is 12.7 Å². The third kappa shape index (κ3) is 4.28. The molecule has 2 aliphatic rings. The summed E-state index contributed by atoms with van der Waals surface area (Å²) in [7, 11) is 1.48. The van der Waals surface area contributed by atoms with E-state index in [4.69, 9.17) is 4.74 Å². The number of rotatable bonds is 7. The molecular weight excluding hydrogens is 412 g/mol. The van der Waals surface area contributed by atoms with E-state index in [1.807, 2.05) is 39.8 Å². The Morgan fingerprint density at radius 1 is 1.03 bits per heavy atom. The lowest BCUT2D eigenvalue weighted by molar-refractivity contribution is -0.155. The topological polar surface area (TPSA) is 60.4 Å². The van der Waals surface area contributed by atoms with Crippen LogP contribution in [0.2, 0.25) is 0 Å². The van der Waals surface area contributed by atoms with Crippen molar-refractivity contribution in [3.05, 3.63) is 70.5 Å². The summed E-state index contributed by atoms with van der Waals surface area (Å²) in [5.74, 6) is -1.39. The molecule has 1 saturated carbocycles. The highest BCUT2D eigenvalue weighted by molar-refractivity contribution is 6.33. The molecule has 0 radical (unpaired) electrons. The lowest BCUT2D eigenvalue weighted by Crippen LogP contribution is -2.59. The third-order valence-corrected chi connectivity index (χ3v) is 7.43. The van der Waals surface area contributed by atoms with Gasteiger partial charge in [-0.3, -0.25) is 14.4 Å². The van der Waals surface area contributed by atoms with Gasteiger partial charge in [-0.05, 0) is 58.3 Å². The van der Waals surface area contributed by atoms with E-state index in [2.05, 4.69) is 19.9 Å². The molecule has 1 aromatic carbocycles. The fourth-order valence-electron chi connectivity index (χ4n) is 5.46. The first kappa shape index (κ1) is 24.9. The van der Waals surface area contributed by atoms with Gasteiger partial charge >= 0.3 is 0 Å². The molecule has 3 rings (SSSR count). The maximum absolute atomic E-state index is 14.0. The van der Waals surface area contributed by atoms with Crippen LogP contribution < -0.4 is 0 Å². The van der Waals surface area contributed by atoms with Crippen molar-refractivity contribution in [2.45, 2.75) is 60.8 Å². The number of benzene rings is 1. The summed E-state index contributed by atoms with van der Waals surface area (Å²) in [6.45, 7) is 12.1. The van der Waals surface area contributed by atoms with Gasteiger partial charge < -0.3 is 4.74 Å². The van der Waals surface area contributed by atoms with Crippen molar-refractivity contribution in [3.8, 4) is 0 Å². The zero-order valence-corrected chi connectivity index (χ0v) is 21.0. The van der Waals surface area contributed by atoms with Gasteiger partial charge in [-0.1, -0.05) is 67.5 Å². The van der Waals surface area contributed by atoms with Crippen LogP contribution in [0.5, 0.6) is 0 Å². The third-order valence-electron chi connectivity index (χ3n) is 7.43. The van der Waals surface area contributed by atoms with Crippen LogP contribution in [0.1, 0.15) is 71.2 Å². The predicted octanol–water partition coefficient (Wildman–Crippen LogP) is 6.28. The van der Waals surface area contributed by atoms with E-state index < -0.39 is 22.5 Å². The quantitative estimate of drug-likeness (QED) is 0.213. The molecule has 1 fully saturated rings. The van der Waals surface area contributed by atoms with Crippen LogP contribution in [0.3, 0.4) is 0 Å². The lowest BCUT2D eigenvalue weighted by atomic mass is 9.47. The first-order chi connectivity index (χ1) is 15.5. The maximum atomic E-state index is 14.0. The highest BCUT2D eigenvalue weighted by Crippen LogP contribution is 2.60. The Labute approximate surface area is 197 Å². The van der Waals surface area contributed by atoms with Gasteiger partial charge in [0.1, 0.15) is 11.3 Å². The number of hydrogen-bond acceptors (Lipinski definition) is 4. The van der Waals surface area contributed by atoms with Gasteiger partial charge in [-0.15, -0.1) is 0 Å². The van der Waals surface area contributed by atoms with E-state index in [1.54, 1.807) is 24.3 Å². The Balaban J connectivity index is 2.29. The van der Waals surface area contributed by atoms with Crippen molar-refractivity contribution in [1.29, 1.82) is 0 Å². The summed E-state index contributed by atoms with van der Waals surface area (Å²) < 4.78 is 5.82. The molecule has 0 N–H and O–H groups in total. The molecule has 0 aliphatic heterocycles. The van der Waals surface area contributed by atoms with Gasteiger partial charge in [0, 0.05) is 5.56 Å². The van der Waals surface area contributed by atoms with Gasteiger partial charge in [0.25, 0.3) is 0 Å². The molecule has 0 saturated heterocycles. The van der Waals surface area contributed by atoms with Gasteiger partial charge in [0.05, 0.1) is 18.4 Å². The average molecular weight is 449 g/mol. The minimum Gasteiger partial charge on any atom is -0.499 e. The fraction of sp³-hybridized carbons (Fsp3) is 0.483. The molecule has 0 spiro atoms. The lowest BCUT2D eigenvalue weighted by Gasteiger charge is -2.54. The monoisotopic (exact) mass is 448 g/mol. The van der Waals surface area contributed by atoms with Crippen LogP contribution >= 0.6 is 0 Å². The second kappa shape index (κ2) is 9.24. The average Bonchev–Trinajstić information content (AvgIpc) is 2.75. The van der Waals surface area contributed by atoms with Gasteiger partial charge in [-0.2, -0.15) is 0 Å². The number of Topliss-reactive ketones (excluding diaryl/α,β-unsaturated/α-hetero) is 3. The van der Waals surface area contributed by atoms with Gasteiger partial charge in [-0.25, -0.2) is 0 Å². The first-order valence-corrected chi connectivity index (χ1v) is 11.7. The SMILES string of the molecule is COC1=C(C(=O)c2ccccc2)C(=O)[C@H]2C(=O)[C@]1(CC=C(C)C)C[C@H](CC=C(C)C)C2(C)C. The molecule has 2 bridgehead atoms. The molecule has 176 valence electrons. The van der Waals surface area contributed by atoms with Crippen molar-refractivity contribution in [3.63, 3.8) is 0 Å². The Kier molecular flexibility index (Phi) is 6.97. The number of allylic oxidation sites excluding steroid dienone is 6. The molecule has 33 heavy (non-hydrogen) atoms. The van der Waals surface area contributed by atoms with E-state index in [0.29, 0.717) is 18.4 Å². The minimum absolute atomic E-state index is 0.0456. The highest BCUT2D eigenvalue weighted by Gasteiger charge is 2.64. The number of methoxy groups -OCH3 is 1. The highest BCUT2D eigenvalue weighted by atomic mass is 16.5. The van der Waals surface area contributed by atoms with Crippen LogP contribution in [-0.2, 0) is 14.3 Å². The van der Waals surface area contributed by atoms with Gasteiger partial charge in [0.2, 0.25) is 0 Å². The van der Waals surface area contributed by atoms with Crippen LogP contribution in [0, 0.1) is 22.7 Å². The molecule has 1 aromatic rings. The number of hydrogen-bond donors (Lipinski definition) is 0. The van der Waals surface area contributed by atoms with Crippen molar-refractivity contribution >= 4 is 17.3 Å². The van der Waals surface area contributed by atoms with Crippen LogP contribution in [-0.4, -0.2) is 24.5 Å².